The van der Waals surface area contributed by atoms with E-state index in [9.17, 15) is 4.79 Å². The SMILES string of the molecule is O=C1c2ccccc2Oc2ccccc2N1c1ccccc1. The summed E-state index contributed by atoms with van der Waals surface area (Å²) in [4.78, 5) is 14.7. The molecule has 1 heterocycles. The van der Waals surface area contributed by atoms with Gasteiger partial charge in [0.15, 0.2) is 5.75 Å². The van der Waals surface area contributed by atoms with Gasteiger partial charge in [-0.15, -0.1) is 0 Å². The van der Waals surface area contributed by atoms with E-state index in [1.165, 1.54) is 0 Å². The molecule has 0 fully saturated rings. The average molecular weight is 287 g/mol. The van der Waals surface area contributed by atoms with Gasteiger partial charge in [-0.05, 0) is 36.4 Å². The molecule has 0 spiro atoms. The minimum atomic E-state index is -0.0910. The summed E-state index contributed by atoms with van der Waals surface area (Å²) >= 11 is 0. The zero-order chi connectivity index (χ0) is 14.9. The molecule has 0 saturated heterocycles. The topological polar surface area (TPSA) is 29.5 Å². The number of para-hydroxylation sites is 4. The third kappa shape index (κ3) is 1.95. The van der Waals surface area contributed by atoms with Crippen LogP contribution < -0.4 is 9.64 Å². The van der Waals surface area contributed by atoms with E-state index >= 15 is 0 Å². The smallest absolute Gasteiger partial charge is 0.266 e. The van der Waals surface area contributed by atoms with Gasteiger partial charge in [-0.2, -0.15) is 0 Å². The highest BCUT2D eigenvalue weighted by molar-refractivity contribution is 6.13. The molecule has 0 aromatic heterocycles. The van der Waals surface area contributed by atoms with E-state index in [2.05, 4.69) is 0 Å². The number of amides is 1. The van der Waals surface area contributed by atoms with Gasteiger partial charge in [-0.1, -0.05) is 42.5 Å². The number of carbonyl (C=O) groups excluding carboxylic acids is 1. The molecular formula is C19H13NO2. The number of nitrogens with zero attached hydrogens (tertiary/aromatic N) is 1. The summed E-state index contributed by atoms with van der Waals surface area (Å²) in [5.41, 5.74) is 2.12. The summed E-state index contributed by atoms with van der Waals surface area (Å²) in [6, 6.07) is 24.5. The minimum Gasteiger partial charge on any atom is -0.454 e. The van der Waals surface area contributed by atoms with Gasteiger partial charge < -0.3 is 4.74 Å². The fraction of sp³-hybridized carbons (Fsp3) is 0. The third-order valence-electron chi connectivity index (χ3n) is 3.66. The number of hydrogen-bond donors (Lipinski definition) is 0. The summed E-state index contributed by atoms with van der Waals surface area (Å²) in [6.07, 6.45) is 0. The van der Waals surface area contributed by atoms with Gasteiger partial charge in [-0.25, -0.2) is 0 Å². The molecule has 0 aliphatic carbocycles. The molecule has 3 aromatic rings. The number of fused-ring (bicyclic) bond motifs is 2. The second kappa shape index (κ2) is 5.04. The third-order valence-corrected chi connectivity index (χ3v) is 3.66. The fourth-order valence-corrected chi connectivity index (χ4v) is 2.64. The number of rotatable bonds is 1. The molecule has 0 bridgehead atoms. The van der Waals surface area contributed by atoms with Crippen molar-refractivity contribution in [3.05, 3.63) is 84.4 Å². The van der Waals surface area contributed by atoms with Gasteiger partial charge in [0.1, 0.15) is 5.75 Å². The highest BCUT2D eigenvalue weighted by atomic mass is 16.5. The van der Waals surface area contributed by atoms with Crippen molar-refractivity contribution in [3.63, 3.8) is 0 Å². The number of ether oxygens (including phenoxy) is 1. The molecule has 1 aliphatic heterocycles. The van der Waals surface area contributed by atoms with Crippen LogP contribution in [0.5, 0.6) is 11.5 Å². The van der Waals surface area contributed by atoms with Gasteiger partial charge in [0.25, 0.3) is 5.91 Å². The Hall–Kier alpha value is -3.07. The lowest BCUT2D eigenvalue weighted by molar-refractivity contribution is 0.0999. The monoisotopic (exact) mass is 287 g/mol. The molecule has 1 aliphatic rings. The van der Waals surface area contributed by atoms with Crippen LogP contribution >= 0.6 is 0 Å². The van der Waals surface area contributed by atoms with Crippen molar-refractivity contribution in [1.29, 1.82) is 0 Å². The molecule has 0 saturated carbocycles. The van der Waals surface area contributed by atoms with Crippen molar-refractivity contribution in [2.75, 3.05) is 4.90 Å². The molecular weight excluding hydrogens is 274 g/mol. The normalized spacial score (nSPS) is 12.9. The summed E-state index contributed by atoms with van der Waals surface area (Å²) < 4.78 is 5.96. The molecule has 0 atom stereocenters. The van der Waals surface area contributed by atoms with Gasteiger partial charge in [-0.3, -0.25) is 9.69 Å². The predicted molar refractivity (Wildman–Crippen MR) is 85.9 cm³/mol. The first kappa shape index (κ1) is 12.7. The van der Waals surface area contributed by atoms with Crippen molar-refractivity contribution in [2.45, 2.75) is 0 Å². The molecule has 1 amide bonds. The van der Waals surface area contributed by atoms with E-state index in [0.717, 1.165) is 11.4 Å². The number of hydrogen-bond acceptors (Lipinski definition) is 2. The number of benzene rings is 3. The molecule has 3 heteroatoms. The zero-order valence-electron chi connectivity index (χ0n) is 11.8. The maximum atomic E-state index is 13.0. The molecule has 22 heavy (non-hydrogen) atoms. The van der Waals surface area contributed by atoms with Crippen molar-refractivity contribution in [3.8, 4) is 11.5 Å². The Morgan fingerprint density at radius 1 is 0.682 bits per heavy atom. The second-order valence-electron chi connectivity index (χ2n) is 5.04. The van der Waals surface area contributed by atoms with Crippen LogP contribution in [0.3, 0.4) is 0 Å². The van der Waals surface area contributed by atoms with Crippen LogP contribution in [0.4, 0.5) is 11.4 Å². The Bertz CT molecular complexity index is 843. The lowest BCUT2D eigenvalue weighted by Crippen LogP contribution is -2.24. The van der Waals surface area contributed by atoms with E-state index in [4.69, 9.17) is 4.74 Å². The second-order valence-corrected chi connectivity index (χ2v) is 5.04. The molecule has 3 nitrogen and oxygen atoms in total. The van der Waals surface area contributed by atoms with E-state index in [1.807, 2.05) is 72.8 Å². The molecule has 4 rings (SSSR count). The standard InChI is InChI=1S/C19H13NO2/c21-19-15-10-4-6-12-17(15)22-18-13-7-5-11-16(18)20(19)14-8-2-1-3-9-14/h1-13H. The van der Waals surface area contributed by atoms with E-state index in [-0.39, 0.29) is 5.91 Å². The van der Waals surface area contributed by atoms with Gasteiger partial charge in [0, 0.05) is 5.69 Å². The quantitative estimate of drug-likeness (QED) is 0.645. The summed E-state index contributed by atoms with van der Waals surface area (Å²) in [5, 5.41) is 0. The zero-order valence-corrected chi connectivity index (χ0v) is 11.8. The summed E-state index contributed by atoms with van der Waals surface area (Å²) in [7, 11) is 0. The van der Waals surface area contributed by atoms with Crippen LogP contribution in [0.1, 0.15) is 10.4 Å². The highest BCUT2D eigenvalue weighted by Crippen LogP contribution is 2.41. The van der Waals surface area contributed by atoms with Gasteiger partial charge in [0.05, 0.1) is 11.3 Å². The molecule has 3 aromatic carbocycles. The summed E-state index contributed by atoms with van der Waals surface area (Å²) in [6.45, 7) is 0. The van der Waals surface area contributed by atoms with Gasteiger partial charge in [0.2, 0.25) is 0 Å². The molecule has 0 radical (unpaired) electrons. The minimum absolute atomic E-state index is 0.0910. The van der Waals surface area contributed by atoms with E-state index in [0.29, 0.717) is 17.1 Å². The van der Waals surface area contributed by atoms with Crippen molar-refractivity contribution in [2.24, 2.45) is 0 Å². The summed E-state index contributed by atoms with van der Waals surface area (Å²) in [5.74, 6) is 1.16. The average Bonchev–Trinajstić information content (AvgIpc) is 2.70. The Morgan fingerprint density at radius 2 is 1.32 bits per heavy atom. The van der Waals surface area contributed by atoms with E-state index < -0.39 is 0 Å². The van der Waals surface area contributed by atoms with Crippen LogP contribution in [0.2, 0.25) is 0 Å². The van der Waals surface area contributed by atoms with Crippen LogP contribution in [0, 0.1) is 0 Å². The fourth-order valence-electron chi connectivity index (χ4n) is 2.64. The van der Waals surface area contributed by atoms with E-state index in [1.54, 1.807) is 11.0 Å². The predicted octanol–water partition coefficient (Wildman–Crippen LogP) is 4.77. The van der Waals surface area contributed by atoms with Gasteiger partial charge >= 0.3 is 0 Å². The first-order valence-electron chi connectivity index (χ1n) is 7.10. The molecule has 0 N–H and O–H groups in total. The number of anilines is 2. The van der Waals surface area contributed by atoms with Crippen molar-refractivity contribution >= 4 is 17.3 Å². The van der Waals surface area contributed by atoms with Crippen molar-refractivity contribution in [1.82, 2.24) is 0 Å². The maximum absolute atomic E-state index is 13.0. The Balaban J connectivity index is 1.98. The maximum Gasteiger partial charge on any atom is 0.266 e. The molecule has 0 unspecified atom stereocenters. The van der Waals surface area contributed by atoms with Crippen LogP contribution in [0.25, 0.3) is 0 Å². The first-order valence-corrected chi connectivity index (χ1v) is 7.10. The largest absolute Gasteiger partial charge is 0.454 e. The Kier molecular flexibility index (Phi) is 2.90. The lowest BCUT2D eigenvalue weighted by Gasteiger charge is -2.22. The lowest BCUT2D eigenvalue weighted by atomic mass is 10.1. The Labute approximate surface area is 128 Å². The van der Waals surface area contributed by atoms with Crippen LogP contribution in [-0.2, 0) is 0 Å². The first-order chi connectivity index (χ1) is 10.8. The highest BCUT2D eigenvalue weighted by Gasteiger charge is 2.28. The van der Waals surface area contributed by atoms with Crippen LogP contribution in [0.15, 0.2) is 78.9 Å². The Morgan fingerprint density at radius 3 is 2.14 bits per heavy atom. The molecule has 106 valence electrons. The van der Waals surface area contributed by atoms with Crippen LogP contribution in [-0.4, -0.2) is 5.91 Å². The van der Waals surface area contributed by atoms with Crippen molar-refractivity contribution < 1.29 is 9.53 Å². The number of carbonyl (C=O) groups is 1.